The molecule has 1 aromatic heterocycles. The summed E-state index contributed by atoms with van der Waals surface area (Å²) in [6, 6.07) is 0. The average molecular weight is 289 g/mol. The number of amidine groups is 1. The Morgan fingerprint density at radius 3 is 2.79 bits per heavy atom. The highest BCUT2D eigenvalue weighted by atomic mass is 32.2. The molecule has 4 N–H and O–H groups in total. The lowest BCUT2D eigenvalue weighted by Crippen LogP contribution is -2.22. The minimum atomic E-state index is -3.49. The molecule has 0 aromatic carbocycles. The van der Waals surface area contributed by atoms with Gasteiger partial charge in [0, 0.05) is 7.05 Å². The first kappa shape index (κ1) is 15.3. The van der Waals surface area contributed by atoms with Crippen molar-refractivity contribution < 1.29 is 13.6 Å². The van der Waals surface area contributed by atoms with E-state index in [0.29, 0.717) is 6.42 Å². The van der Waals surface area contributed by atoms with Crippen LogP contribution in [-0.2, 0) is 17.1 Å². The number of aryl methyl sites for hydroxylation is 1. The van der Waals surface area contributed by atoms with Crippen LogP contribution in [-0.4, -0.2) is 35.0 Å². The molecule has 0 saturated carbocycles. The van der Waals surface area contributed by atoms with Crippen LogP contribution in [0.4, 0.5) is 5.82 Å². The fourth-order valence-electron chi connectivity index (χ4n) is 1.39. The van der Waals surface area contributed by atoms with E-state index in [9.17, 15) is 8.42 Å². The fraction of sp³-hybridized carbons (Fsp3) is 0.600. The molecule has 0 aliphatic heterocycles. The number of aromatic nitrogens is 2. The summed E-state index contributed by atoms with van der Waals surface area (Å²) in [6.07, 6.45) is 1.88. The lowest BCUT2D eigenvalue weighted by molar-refractivity contribution is 0.318. The monoisotopic (exact) mass is 289 g/mol. The van der Waals surface area contributed by atoms with Crippen molar-refractivity contribution in [3.8, 4) is 0 Å². The second kappa shape index (κ2) is 5.91. The molecule has 8 nitrogen and oxygen atoms in total. The Balaban J connectivity index is 2.96. The highest BCUT2D eigenvalue weighted by Crippen LogP contribution is 2.16. The van der Waals surface area contributed by atoms with Crippen LogP contribution in [0.1, 0.15) is 25.8 Å². The highest BCUT2D eigenvalue weighted by molar-refractivity contribution is 7.92. The van der Waals surface area contributed by atoms with Gasteiger partial charge in [0.15, 0.2) is 5.84 Å². The Bertz CT molecular complexity index is 562. The second-order valence-corrected chi connectivity index (χ2v) is 6.46. The van der Waals surface area contributed by atoms with Crippen LogP contribution in [0, 0.1) is 5.92 Å². The first-order valence-electron chi connectivity index (χ1n) is 5.77. The molecule has 0 unspecified atom stereocenters. The minimum Gasteiger partial charge on any atom is -0.409 e. The van der Waals surface area contributed by atoms with Gasteiger partial charge in [-0.05, 0) is 12.3 Å². The van der Waals surface area contributed by atoms with Gasteiger partial charge < -0.3 is 10.9 Å². The number of hydrogen-bond donors (Lipinski definition) is 3. The Morgan fingerprint density at radius 2 is 2.26 bits per heavy atom. The molecule has 0 saturated heterocycles. The predicted molar refractivity (Wildman–Crippen MR) is 72.6 cm³/mol. The molecule has 0 fully saturated rings. The molecule has 1 aromatic rings. The topological polar surface area (TPSA) is 123 Å². The average Bonchev–Trinajstić information content (AvgIpc) is 2.67. The molecule has 0 atom stereocenters. The molecule has 1 rings (SSSR count). The second-order valence-electron chi connectivity index (χ2n) is 4.62. The summed E-state index contributed by atoms with van der Waals surface area (Å²) in [5.41, 5.74) is 5.70. The number of sulfonamides is 1. The normalized spacial score (nSPS) is 12.9. The third-order valence-electron chi connectivity index (χ3n) is 2.54. The van der Waals surface area contributed by atoms with Crippen molar-refractivity contribution in [3.05, 3.63) is 11.8 Å². The number of oxime groups is 1. The van der Waals surface area contributed by atoms with Crippen molar-refractivity contribution >= 4 is 21.7 Å². The van der Waals surface area contributed by atoms with Crippen molar-refractivity contribution in [3.63, 3.8) is 0 Å². The third kappa shape index (κ3) is 4.12. The summed E-state index contributed by atoms with van der Waals surface area (Å²) >= 11 is 0. The van der Waals surface area contributed by atoms with E-state index >= 15 is 0 Å². The van der Waals surface area contributed by atoms with Crippen molar-refractivity contribution in [2.45, 2.75) is 20.3 Å². The van der Waals surface area contributed by atoms with E-state index in [-0.39, 0.29) is 28.9 Å². The minimum absolute atomic E-state index is 0.00542. The summed E-state index contributed by atoms with van der Waals surface area (Å²) in [7, 11) is -1.93. The van der Waals surface area contributed by atoms with Gasteiger partial charge in [0.25, 0.3) is 0 Å². The number of hydrogen-bond acceptors (Lipinski definition) is 5. The predicted octanol–water partition coefficient (Wildman–Crippen LogP) is 0.302. The molecule has 0 aliphatic rings. The molecular formula is C10H19N5O3S. The number of rotatable bonds is 6. The molecule has 0 bridgehead atoms. The molecule has 108 valence electrons. The maximum Gasteiger partial charge on any atom is 0.233 e. The van der Waals surface area contributed by atoms with Crippen LogP contribution >= 0.6 is 0 Å². The van der Waals surface area contributed by atoms with Crippen LogP contribution < -0.4 is 10.5 Å². The Kier molecular flexibility index (Phi) is 4.76. The molecule has 9 heteroatoms. The molecule has 0 spiro atoms. The van der Waals surface area contributed by atoms with Crippen molar-refractivity contribution in [2.75, 3.05) is 10.5 Å². The number of nitrogens with one attached hydrogen (secondary N) is 1. The van der Waals surface area contributed by atoms with E-state index < -0.39 is 10.0 Å². The molecule has 0 aliphatic carbocycles. The summed E-state index contributed by atoms with van der Waals surface area (Å²) in [5, 5.41) is 15.4. The van der Waals surface area contributed by atoms with Crippen LogP contribution in [0.15, 0.2) is 11.4 Å². The maximum absolute atomic E-state index is 11.9. The van der Waals surface area contributed by atoms with E-state index in [4.69, 9.17) is 10.9 Å². The third-order valence-corrected chi connectivity index (χ3v) is 3.82. The van der Waals surface area contributed by atoms with Gasteiger partial charge in [-0.3, -0.25) is 9.40 Å². The van der Waals surface area contributed by atoms with Gasteiger partial charge in [-0.2, -0.15) is 5.10 Å². The molecule has 19 heavy (non-hydrogen) atoms. The zero-order valence-corrected chi connectivity index (χ0v) is 12.0. The quantitative estimate of drug-likeness (QED) is 0.301. The Labute approximate surface area is 112 Å². The van der Waals surface area contributed by atoms with Crippen LogP contribution in [0.25, 0.3) is 0 Å². The number of nitrogens with two attached hydrogens (primary N) is 1. The van der Waals surface area contributed by atoms with Crippen LogP contribution in [0.2, 0.25) is 0 Å². The zero-order chi connectivity index (χ0) is 14.6. The van der Waals surface area contributed by atoms with E-state index in [1.807, 2.05) is 13.8 Å². The van der Waals surface area contributed by atoms with E-state index in [2.05, 4.69) is 15.0 Å². The van der Waals surface area contributed by atoms with E-state index in [1.165, 1.54) is 10.9 Å². The van der Waals surface area contributed by atoms with Crippen molar-refractivity contribution in [1.82, 2.24) is 9.78 Å². The van der Waals surface area contributed by atoms with Gasteiger partial charge >= 0.3 is 0 Å². The largest absolute Gasteiger partial charge is 0.409 e. The van der Waals surface area contributed by atoms with Gasteiger partial charge in [0.05, 0.1) is 17.5 Å². The van der Waals surface area contributed by atoms with Gasteiger partial charge in [0.2, 0.25) is 10.0 Å². The summed E-state index contributed by atoms with van der Waals surface area (Å²) in [4.78, 5) is 0. The smallest absolute Gasteiger partial charge is 0.233 e. The number of nitrogens with zero attached hydrogens (tertiary/aromatic N) is 3. The van der Waals surface area contributed by atoms with E-state index in [1.54, 1.807) is 7.05 Å². The van der Waals surface area contributed by atoms with Crippen LogP contribution in [0.5, 0.6) is 0 Å². The summed E-state index contributed by atoms with van der Waals surface area (Å²) in [6.45, 7) is 3.89. The fourth-order valence-corrected chi connectivity index (χ4v) is 2.81. The van der Waals surface area contributed by atoms with E-state index in [0.717, 1.165) is 0 Å². The number of anilines is 1. The van der Waals surface area contributed by atoms with Gasteiger partial charge in [-0.1, -0.05) is 19.0 Å². The van der Waals surface area contributed by atoms with Gasteiger partial charge in [0.1, 0.15) is 5.82 Å². The Hall–Kier alpha value is -1.77. The highest BCUT2D eigenvalue weighted by Gasteiger charge is 2.19. The lowest BCUT2D eigenvalue weighted by atomic mass is 10.2. The standard InChI is InChI=1S/C10H19N5O3S/c1-7(2)4-5-19(17,18)14-10-8(9(11)13-16)6-12-15(10)3/h6-7,14,16H,4-5H2,1-3H3,(H2,11,13). The first-order valence-corrected chi connectivity index (χ1v) is 7.42. The summed E-state index contributed by atoms with van der Waals surface area (Å²) in [5.74, 6) is 0.270. The maximum atomic E-state index is 11.9. The van der Waals surface area contributed by atoms with Crippen LogP contribution in [0.3, 0.4) is 0 Å². The summed E-state index contributed by atoms with van der Waals surface area (Å²) < 4.78 is 27.6. The SMILES string of the molecule is CC(C)CCS(=O)(=O)Nc1c(C(N)=NO)cnn1C. The molecule has 1 heterocycles. The molecule has 0 radical (unpaired) electrons. The molecular weight excluding hydrogens is 270 g/mol. The zero-order valence-electron chi connectivity index (χ0n) is 11.2. The van der Waals surface area contributed by atoms with Crippen molar-refractivity contribution in [2.24, 2.45) is 23.9 Å². The van der Waals surface area contributed by atoms with Gasteiger partial charge in [-0.15, -0.1) is 0 Å². The lowest BCUT2D eigenvalue weighted by Gasteiger charge is -2.11. The Morgan fingerprint density at radius 1 is 1.63 bits per heavy atom. The first-order chi connectivity index (χ1) is 8.76. The van der Waals surface area contributed by atoms with Gasteiger partial charge in [-0.25, -0.2) is 8.42 Å². The molecule has 0 amide bonds. The van der Waals surface area contributed by atoms with Crippen molar-refractivity contribution in [1.29, 1.82) is 0 Å².